The van der Waals surface area contributed by atoms with Gasteiger partial charge in [-0.25, -0.2) is 9.78 Å². The van der Waals surface area contributed by atoms with Crippen molar-refractivity contribution in [3.05, 3.63) is 153 Å². The molecule has 51 heavy (non-hydrogen) atoms. The zero-order valence-electron chi connectivity index (χ0n) is 27.5. The highest BCUT2D eigenvalue weighted by atomic mass is 35.5. The number of halogens is 2. The Labute approximate surface area is 304 Å². The number of hydrogen-bond acceptors (Lipinski definition) is 5. The molecule has 7 nitrogen and oxygen atoms in total. The first kappa shape index (κ1) is 34.0. The topological polar surface area (TPSA) is 101 Å². The fraction of sp³-hybridized carbons (Fsp3) is 0.143. The van der Waals surface area contributed by atoms with Gasteiger partial charge in [0.25, 0.3) is 11.8 Å². The van der Waals surface area contributed by atoms with Crippen LogP contribution in [0.15, 0.2) is 131 Å². The van der Waals surface area contributed by atoms with Crippen LogP contribution in [0.25, 0.3) is 43.9 Å². The van der Waals surface area contributed by atoms with Crippen molar-refractivity contribution < 1.29 is 14.0 Å². The number of rotatable bonds is 5. The molecule has 2 N–H and O–H groups in total. The lowest BCUT2D eigenvalue weighted by molar-refractivity contribution is 0.0928. The third kappa shape index (κ3) is 7.65. The molecule has 0 unspecified atom stereocenters. The molecule has 1 heterocycles. The number of amides is 2. The van der Waals surface area contributed by atoms with E-state index in [0.717, 1.165) is 52.8 Å². The third-order valence-corrected chi connectivity index (χ3v) is 9.53. The fourth-order valence-electron chi connectivity index (χ4n) is 6.51. The molecule has 0 radical (unpaired) electrons. The molecule has 1 aliphatic carbocycles. The molecule has 6 aromatic carbocycles. The van der Waals surface area contributed by atoms with Crippen LogP contribution in [0, 0.1) is 0 Å². The number of nitrogens with zero attached hydrogens (tertiary/aromatic N) is 1. The van der Waals surface area contributed by atoms with E-state index in [0.29, 0.717) is 43.7 Å². The van der Waals surface area contributed by atoms with Crippen LogP contribution in [-0.4, -0.2) is 22.8 Å². The summed E-state index contributed by atoms with van der Waals surface area (Å²) in [5.74, 6) is -0.139. The lowest BCUT2D eigenvalue weighted by atomic mass is 9.95. The highest BCUT2D eigenvalue weighted by Gasteiger charge is 2.21. The standard InChI is InChI=1S/C24H23ClN2O2.C18H10ClNO2/c25-17-13-14-22(21(15-17)24(29)26-18-9-2-1-3-10-18)27-23(28)20-12-6-8-16-7-4-5-11-19(16)20;19-12-8-9-16-15(10-12)18(21)22-17(20-16)14-7-3-5-11-4-1-2-6-13(11)14/h4-8,11-15,18H,1-3,9-10H2,(H,26,29)(H,27,28);1-10H. The number of carbonyl (C=O) groups excluding carboxylic acids is 2. The number of fused-ring (bicyclic) bond motifs is 3. The highest BCUT2D eigenvalue weighted by molar-refractivity contribution is 6.31. The first-order valence-electron chi connectivity index (χ1n) is 16.8. The summed E-state index contributed by atoms with van der Waals surface area (Å²) < 4.78 is 5.41. The first-order chi connectivity index (χ1) is 24.8. The number of benzene rings is 6. The number of hydrogen-bond donors (Lipinski definition) is 2. The van der Waals surface area contributed by atoms with Crippen LogP contribution < -0.4 is 16.3 Å². The predicted molar refractivity (Wildman–Crippen MR) is 206 cm³/mol. The highest BCUT2D eigenvalue weighted by Crippen LogP contribution is 2.29. The van der Waals surface area contributed by atoms with E-state index in [-0.39, 0.29) is 17.9 Å². The summed E-state index contributed by atoms with van der Waals surface area (Å²) in [6.07, 6.45) is 5.46. The molecular weight excluding hydrogens is 681 g/mol. The van der Waals surface area contributed by atoms with Crippen LogP contribution in [0.1, 0.15) is 52.8 Å². The SMILES string of the molecule is O=C(NC1CCCCC1)c1cc(Cl)ccc1NC(=O)c1cccc2ccccc12.O=c1oc(-c2cccc3ccccc23)nc2ccc(Cl)cc12. The maximum Gasteiger partial charge on any atom is 0.347 e. The quantitative estimate of drug-likeness (QED) is 0.185. The summed E-state index contributed by atoms with van der Waals surface area (Å²) in [5, 5.41) is 11.3. The Kier molecular flexibility index (Phi) is 10.1. The summed E-state index contributed by atoms with van der Waals surface area (Å²) in [5.41, 5.74) is 2.35. The third-order valence-electron chi connectivity index (χ3n) is 9.06. The molecule has 0 bridgehead atoms. The van der Waals surface area contributed by atoms with E-state index < -0.39 is 5.63 Å². The lowest BCUT2D eigenvalue weighted by Gasteiger charge is -2.23. The van der Waals surface area contributed by atoms with Gasteiger partial charge < -0.3 is 15.1 Å². The number of anilines is 1. The van der Waals surface area contributed by atoms with Gasteiger partial charge in [-0.1, -0.05) is 115 Å². The monoisotopic (exact) mass is 713 g/mol. The molecule has 1 fully saturated rings. The van der Waals surface area contributed by atoms with Gasteiger partial charge in [-0.3, -0.25) is 9.59 Å². The summed E-state index contributed by atoms with van der Waals surface area (Å²) in [4.78, 5) is 42.6. The van der Waals surface area contributed by atoms with E-state index in [1.165, 1.54) is 6.42 Å². The van der Waals surface area contributed by atoms with Crippen molar-refractivity contribution in [3.63, 3.8) is 0 Å². The van der Waals surface area contributed by atoms with Crippen LogP contribution in [0.3, 0.4) is 0 Å². The van der Waals surface area contributed by atoms with Gasteiger partial charge in [0, 0.05) is 27.2 Å². The van der Waals surface area contributed by atoms with E-state index in [1.54, 1.807) is 42.5 Å². The molecule has 1 aliphatic rings. The van der Waals surface area contributed by atoms with Crippen molar-refractivity contribution in [2.45, 2.75) is 38.1 Å². The zero-order valence-corrected chi connectivity index (χ0v) is 29.0. The molecule has 7 aromatic rings. The molecule has 2 amide bonds. The summed E-state index contributed by atoms with van der Waals surface area (Å²) in [6.45, 7) is 0. The van der Waals surface area contributed by atoms with Crippen molar-refractivity contribution in [2.75, 3.05) is 5.32 Å². The predicted octanol–water partition coefficient (Wildman–Crippen LogP) is 10.5. The molecule has 8 rings (SSSR count). The minimum atomic E-state index is -0.435. The number of aromatic nitrogens is 1. The van der Waals surface area contributed by atoms with E-state index in [4.69, 9.17) is 27.6 Å². The lowest BCUT2D eigenvalue weighted by Crippen LogP contribution is -2.36. The van der Waals surface area contributed by atoms with Crippen LogP contribution in [0.4, 0.5) is 5.69 Å². The summed E-state index contributed by atoms with van der Waals surface area (Å²) in [7, 11) is 0. The Hall–Kier alpha value is -5.50. The summed E-state index contributed by atoms with van der Waals surface area (Å²) in [6, 6.07) is 37.3. The van der Waals surface area contributed by atoms with Crippen molar-refractivity contribution in [1.29, 1.82) is 0 Å². The molecule has 254 valence electrons. The molecular formula is C42H33Cl2N3O4. The van der Waals surface area contributed by atoms with E-state index in [9.17, 15) is 14.4 Å². The smallest absolute Gasteiger partial charge is 0.347 e. The van der Waals surface area contributed by atoms with Gasteiger partial charge in [0.1, 0.15) is 0 Å². The van der Waals surface area contributed by atoms with Crippen LogP contribution >= 0.6 is 23.2 Å². The normalized spacial score (nSPS) is 13.1. The van der Waals surface area contributed by atoms with Crippen LogP contribution in [0.5, 0.6) is 0 Å². The fourth-order valence-corrected chi connectivity index (χ4v) is 6.85. The Morgan fingerprint density at radius 1 is 0.647 bits per heavy atom. The van der Waals surface area contributed by atoms with E-state index >= 15 is 0 Å². The summed E-state index contributed by atoms with van der Waals surface area (Å²) >= 11 is 12.1. The Balaban J connectivity index is 0.000000165. The zero-order chi connectivity index (χ0) is 35.3. The van der Waals surface area contributed by atoms with Crippen molar-refractivity contribution in [2.24, 2.45) is 0 Å². The number of nitrogens with one attached hydrogen (secondary N) is 2. The van der Waals surface area contributed by atoms with Crippen molar-refractivity contribution in [1.82, 2.24) is 10.3 Å². The maximum atomic E-state index is 13.0. The molecule has 0 aliphatic heterocycles. The van der Waals surface area contributed by atoms with Gasteiger partial charge in [0.15, 0.2) is 0 Å². The molecule has 0 spiro atoms. The van der Waals surface area contributed by atoms with Crippen LogP contribution in [0.2, 0.25) is 10.0 Å². The second-order valence-electron chi connectivity index (χ2n) is 12.5. The minimum absolute atomic E-state index is 0.178. The van der Waals surface area contributed by atoms with Gasteiger partial charge in [0.05, 0.1) is 22.2 Å². The molecule has 1 saturated carbocycles. The van der Waals surface area contributed by atoms with Gasteiger partial charge in [-0.15, -0.1) is 0 Å². The van der Waals surface area contributed by atoms with E-state index in [2.05, 4.69) is 15.6 Å². The van der Waals surface area contributed by atoms with Crippen molar-refractivity contribution in [3.8, 4) is 11.5 Å². The average Bonchev–Trinajstić information content (AvgIpc) is 3.16. The average molecular weight is 715 g/mol. The Morgan fingerprint density at radius 3 is 2.08 bits per heavy atom. The second kappa shape index (κ2) is 15.2. The molecule has 0 saturated heterocycles. The van der Waals surface area contributed by atoms with Gasteiger partial charge >= 0.3 is 5.63 Å². The first-order valence-corrected chi connectivity index (χ1v) is 17.6. The Morgan fingerprint density at radius 2 is 1.29 bits per heavy atom. The number of carbonyl (C=O) groups is 2. The molecule has 0 atom stereocenters. The van der Waals surface area contributed by atoms with Crippen LogP contribution in [-0.2, 0) is 0 Å². The molecule has 9 heteroatoms. The minimum Gasteiger partial charge on any atom is -0.403 e. The second-order valence-corrected chi connectivity index (χ2v) is 13.3. The van der Waals surface area contributed by atoms with Gasteiger partial charge in [0.2, 0.25) is 5.89 Å². The van der Waals surface area contributed by atoms with Crippen molar-refractivity contribution >= 4 is 73.2 Å². The van der Waals surface area contributed by atoms with Gasteiger partial charge in [-0.05, 0) is 82.9 Å². The van der Waals surface area contributed by atoms with E-state index in [1.807, 2.05) is 78.9 Å². The van der Waals surface area contributed by atoms with Gasteiger partial charge in [-0.2, -0.15) is 0 Å². The maximum absolute atomic E-state index is 13.0. The Bertz CT molecular complexity index is 2460. The molecule has 1 aromatic heterocycles. The largest absolute Gasteiger partial charge is 0.403 e.